The van der Waals surface area contributed by atoms with Gasteiger partial charge < -0.3 is 0 Å². The summed E-state index contributed by atoms with van der Waals surface area (Å²) >= 11 is 0. The van der Waals surface area contributed by atoms with E-state index in [0.29, 0.717) is 12.0 Å². The molecule has 1 aromatic rings. The summed E-state index contributed by atoms with van der Waals surface area (Å²) < 4.78 is 0. The molecule has 0 aliphatic rings. The summed E-state index contributed by atoms with van der Waals surface area (Å²) in [7, 11) is 0. The van der Waals surface area contributed by atoms with Gasteiger partial charge in [0, 0.05) is 12.0 Å². The van der Waals surface area contributed by atoms with Crippen LogP contribution in [0.15, 0.2) is 30.3 Å². The largest absolute Gasteiger partial charge is 0.299 e. The maximum absolute atomic E-state index is 11.8. The number of carbonyl (C=O) groups is 2. The fourth-order valence-electron chi connectivity index (χ4n) is 2.22. The van der Waals surface area contributed by atoms with E-state index in [0.717, 1.165) is 18.8 Å². The predicted molar refractivity (Wildman–Crippen MR) is 82.9 cm³/mol. The van der Waals surface area contributed by atoms with Gasteiger partial charge in [0.2, 0.25) is 0 Å². The van der Waals surface area contributed by atoms with Gasteiger partial charge in [0.1, 0.15) is 5.78 Å². The van der Waals surface area contributed by atoms with Crippen LogP contribution in [0.4, 0.5) is 0 Å². The summed E-state index contributed by atoms with van der Waals surface area (Å²) in [6.07, 6.45) is 6.31. The van der Waals surface area contributed by atoms with Gasteiger partial charge in [-0.1, -0.05) is 69.9 Å². The fraction of sp³-hybridized carbons (Fsp3) is 0.556. The molecule has 0 amide bonds. The molecular weight excluding hydrogens is 248 g/mol. The number of rotatable bonds is 10. The van der Waals surface area contributed by atoms with E-state index < -0.39 is 0 Å². The van der Waals surface area contributed by atoms with Crippen LogP contribution < -0.4 is 0 Å². The van der Waals surface area contributed by atoms with Crippen molar-refractivity contribution in [1.29, 1.82) is 0 Å². The van der Waals surface area contributed by atoms with E-state index in [1.165, 1.54) is 19.3 Å². The van der Waals surface area contributed by atoms with Crippen LogP contribution in [0.2, 0.25) is 0 Å². The average Bonchev–Trinajstić information content (AvgIpc) is 2.43. The molecule has 0 atom stereocenters. The van der Waals surface area contributed by atoms with E-state index in [-0.39, 0.29) is 18.0 Å². The van der Waals surface area contributed by atoms with Gasteiger partial charge in [-0.05, 0) is 12.3 Å². The molecule has 2 heteroatoms. The number of carbonyl (C=O) groups excluding carboxylic acids is 2. The molecule has 1 rings (SSSR count). The van der Waals surface area contributed by atoms with Crippen LogP contribution in [-0.4, -0.2) is 11.6 Å². The summed E-state index contributed by atoms with van der Waals surface area (Å²) in [5.74, 6) is 0.776. The van der Waals surface area contributed by atoms with Crippen molar-refractivity contribution in [3.05, 3.63) is 35.9 Å². The highest BCUT2D eigenvalue weighted by molar-refractivity contribution is 6.07. The normalized spacial score (nSPS) is 10.8. The monoisotopic (exact) mass is 274 g/mol. The molecule has 0 aromatic heterocycles. The van der Waals surface area contributed by atoms with E-state index in [1.54, 1.807) is 12.1 Å². The third kappa shape index (κ3) is 7.22. The Balaban J connectivity index is 2.13. The molecule has 1 aromatic carbocycles. The molecule has 2 nitrogen and oxygen atoms in total. The van der Waals surface area contributed by atoms with Gasteiger partial charge in [-0.15, -0.1) is 0 Å². The molecule has 0 heterocycles. The SMILES string of the molecule is CC(C)CCCCCCC(=O)CC(=O)c1ccccc1. The van der Waals surface area contributed by atoms with Crippen molar-refractivity contribution >= 4 is 11.6 Å². The van der Waals surface area contributed by atoms with Gasteiger partial charge in [-0.2, -0.15) is 0 Å². The van der Waals surface area contributed by atoms with Gasteiger partial charge in [-0.25, -0.2) is 0 Å². The lowest BCUT2D eigenvalue weighted by Gasteiger charge is -2.04. The third-order valence-corrected chi connectivity index (χ3v) is 3.44. The van der Waals surface area contributed by atoms with Crippen LogP contribution in [0, 0.1) is 5.92 Å². The Kier molecular flexibility index (Phi) is 7.86. The Bertz CT molecular complexity index is 407. The smallest absolute Gasteiger partial charge is 0.170 e. The fourth-order valence-corrected chi connectivity index (χ4v) is 2.22. The lowest BCUT2D eigenvalue weighted by Crippen LogP contribution is -2.07. The molecule has 110 valence electrons. The predicted octanol–water partition coefficient (Wildman–Crippen LogP) is 4.83. The second-order valence-electron chi connectivity index (χ2n) is 5.85. The third-order valence-electron chi connectivity index (χ3n) is 3.44. The minimum atomic E-state index is -0.0598. The highest BCUT2D eigenvalue weighted by Crippen LogP contribution is 2.12. The molecule has 0 fully saturated rings. The first-order valence-electron chi connectivity index (χ1n) is 7.69. The summed E-state index contributed by atoms with van der Waals surface area (Å²) in [5.41, 5.74) is 0.637. The number of hydrogen-bond donors (Lipinski definition) is 0. The summed E-state index contributed by atoms with van der Waals surface area (Å²) in [4.78, 5) is 23.6. The first-order chi connectivity index (χ1) is 9.59. The number of hydrogen-bond acceptors (Lipinski definition) is 2. The van der Waals surface area contributed by atoms with Crippen molar-refractivity contribution < 1.29 is 9.59 Å². The van der Waals surface area contributed by atoms with Gasteiger partial charge >= 0.3 is 0 Å². The summed E-state index contributed by atoms with van der Waals surface area (Å²) in [5, 5.41) is 0. The number of benzene rings is 1. The molecular formula is C18H26O2. The molecule has 0 saturated heterocycles. The minimum Gasteiger partial charge on any atom is -0.299 e. The topological polar surface area (TPSA) is 34.1 Å². The van der Waals surface area contributed by atoms with Gasteiger partial charge in [0.15, 0.2) is 5.78 Å². The van der Waals surface area contributed by atoms with E-state index in [2.05, 4.69) is 13.8 Å². The van der Waals surface area contributed by atoms with E-state index >= 15 is 0 Å². The van der Waals surface area contributed by atoms with Crippen LogP contribution in [0.25, 0.3) is 0 Å². The van der Waals surface area contributed by atoms with E-state index in [4.69, 9.17) is 0 Å². The zero-order valence-corrected chi connectivity index (χ0v) is 12.7. The van der Waals surface area contributed by atoms with Crippen molar-refractivity contribution in [2.45, 2.75) is 58.8 Å². The first-order valence-corrected chi connectivity index (χ1v) is 7.69. The van der Waals surface area contributed by atoms with Crippen molar-refractivity contribution in [2.24, 2.45) is 5.92 Å². The number of Topliss-reactive ketones (excluding diaryl/α,β-unsaturated/α-hetero) is 2. The molecule has 0 bridgehead atoms. The van der Waals surface area contributed by atoms with E-state index in [1.807, 2.05) is 18.2 Å². The Morgan fingerprint density at radius 3 is 2.25 bits per heavy atom. The molecule has 0 N–H and O–H groups in total. The molecule has 20 heavy (non-hydrogen) atoms. The lowest BCUT2D eigenvalue weighted by atomic mass is 10.0. The maximum Gasteiger partial charge on any atom is 0.170 e. The van der Waals surface area contributed by atoms with Gasteiger partial charge in [-0.3, -0.25) is 9.59 Å². The molecule has 0 radical (unpaired) electrons. The highest BCUT2D eigenvalue weighted by Gasteiger charge is 2.10. The van der Waals surface area contributed by atoms with Crippen LogP contribution in [0.5, 0.6) is 0 Å². The Morgan fingerprint density at radius 2 is 1.60 bits per heavy atom. The van der Waals surface area contributed by atoms with E-state index in [9.17, 15) is 9.59 Å². The summed E-state index contributed by atoms with van der Waals surface area (Å²) in [6, 6.07) is 9.05. The maximum atomic E-state index is 11.8. The second kappa shape index (κ2) is 9.46. The second-order valence-corrected chi connectivity index (χ2v) is 5.85. The van der Waals surface area contributed by atoms with Gasteiger partial charge in [0.25, 0.3) is 0 Å². The lowest BCUT2D eigenvalue weighted by molar-refractivity contribution is -0.118. The molecule has 0 unspecified atom stereocenters. The average molecular weight is 274 g/mol. The Labute approximate surface area is 122 Å². The minimum absolute atomic E-state index is 0.0516. The zero-order valence-electron chi connectivity index (χ0n) is 12.7. The van der Waals surface area contributed by atoms with Crippen molar-refractivity contribution in [3.63, 3.8) is 0 Å². The first kappa shape index (κ1) is 16.6. The standard InChI is InChI=1S/C18H26O2/c1-15(2)10-6-3-4-9-13-17(19)14-18(20)16-11-7-5-8-12-16/h5,7-8,11-12,15H,3-4,6,9-10,13-14H2,1-2H3. The molecule has 0 spiro atoms. The van der Waals surface area contributed by atoms with Crippen molar-refractivity contribution in [2.75, 3.05) is 0 Å². The van der Waals surface area contributed by atoms with Gasteiger partial charge in [0.05, 0.1) is 6.42 Å². The Hall–Kier alpha value is -1.44. The van der Waals surface area contributed by atoms with Crippen molar-refractivity contribution in [3.8, 4) is 0 Å². The quantitative estimate of drug-likeness (QED) is 0.348. The molecule has 0 aliphatic carbocycles. The molecule has 0 aliphatic heterocycles. The Morgan fingerprint density at radius 1 is 0.950 bits per heavy atom. The summed E-state index contributed by atoms with van der Waals surface area (Å²) in [6.45, 7) is 4.47. The van der Waals surface area contributed by atoms with Crippen LogP contribution in [0.3, 0.4) is 0 Å². The van der Waals surface area contributed by atoms with Crippen LogP contribution in [-0.2, 0) is 4.79 Å². The van der Waals surface area contributed by atoms with Crippen LogP contribution >= 0.6 is 0 Å². The zero-order chi connectivity index (χ0) is 14.8. The molecule has 0 saturated carbocycles. The highest BCUT2D eigenvalue weighted by atomic mass is 16.1. The number of ketones is 2. The van der Waals surface area contributed by atoms with Crippen molar-refractivity contribution in [1.82, 2.24) is 0 Å². The van der Waals surface area contributed by atoms with Crippen LogP contribution in [0.1, 0.15) is 69.2 Å². The number of unbranched alkanes of at least 4 members (excludes halogenated alkanes) is 3.